The van der Waals surface area contributed by atoms with Gasteiger partial charge in [-0.3, -0.25) is 0 Å². The van der Waals surface area contributed by atoms with Crippen LogP contribution in [0.15, 0.2) is 40.3 Å². The minimum atomic E-state index is -1.43. The fourth-order valence-electron chi connectivity index (χ4n) is 3.57. The highest BCUT2D eigenvalue weighted by molar-refractivity contribution is 7.99. The standard InChI is InChI=1S/C23H23ClN2O7S/c1-23(2,29)22-25-20(34-13-5-6-15(30-3)16(8-13)31-4)19(21(27)28)26(22)10-12-7-17-18(9-14(12)24)33-11-32-17/h5-9,29H,10-11H2,1-4H3,(H,27,28). The summed E-state index contributed by atoms with van der Waals surface area (Å²) >= 11 is 7.58. The number of carboxylic acid groups (broad SMARTS) is 1. The van der Waals surface area contributed by atoms with E-state index < -0.39 is 11.6 Å². The molecule has 0 unspecified atom stereocenters. The van der Waals surface area contributed by atoms with Gasteiger partial charge in [-0.25, -0.2) is 9.78 Å². The highest BCUT2D eigenvalue weighted by atomic mass is 35.5. The number of carboxylic acids is 1. The molecule has 0 spiro atoms. The van der Waals surface area contributed by atoms with Crippen LogP contribution in [0.1, 0.15) is 35.7 Å². The number of methoxy groups -OCH3 is 2. The summed E-state index contributed by atoms with van der Waals surface area (Å²) in [5.41, 5.74) is -0.909. The molecule has 34 heavy (non-hydrogen) atoms. The fourth-order valence-corrected chi connectivity index (χ4v) is 4.74. The summed E-state index contributed by atoms with van der Waals surface area (Å²) in [6.45, 7) is 3.23. The first-order valence-corrected chi connectivity index (χ1v) is 11.4. The molecular formula is C23H23ClN2O7S. The van der Waals surface area contributed by atoms with Crippen LogP contribution in [-0.2, 0) is 12.1 Å². The van der Waals surface area contributed by atoms with Gasteiger partial charge < -0.3 is 33.7 Å². The number of ether oxygens (including phenoxy) is 4. The lowest BCUT2D eigenvalue weighted by molar-refractivity contribution is 0.0625. The van der Waals surface area contributed by atoms with Gasteiger partial charge in [0.05, 0.1) is 20.8 Å². The molecule has 9 nitrogen and oxygen atoms in total. The van der Waals surface area contributed by atoms with Crippen molar-refractivity contribution in [1.29, 1.82) is 0 Å². The van der Waals surface area contributed by atoms with E-state index in [-0.39, 0.29) is 29.9 Å². The van der Waals surface area contributed by atoms with Crippen molar-refractivity contribution in [1.82, 2.24) is 9.55 Å². The maximum Gasteiger partial charge on any atom is 0.355 e. The molecule has 0 bridgehead atoms. The number of benzene rings is 2. The van der Waals surface area contributed by atoms with Gasteiger partial charge in [-0.1, -0.05) is 23.4 Å². The van der Waals surface area contributed by atoms with Gasteiger partial charge in [0.15, 0.2) is 28.7 Å². The van der Waals surface area contributed by atoms with Crippen LogP contribution < -0.4 is 18.9 Å². The summed E-state index contributed by atoms with van der Waals surface area (Å²) < 4.78 is 22.9. The second-order valence-electron chi connectivity index (χ2n) is 7.96. The predicted octanol–water partition coefficient (Wildman–Crippen LogP) is 4.41. The molecule has 2 aromatic carbocycles. The zero-order chi connectivity index (χ0) is 24.6. The number of hydrogen-bond donors (Lipinski definition) is 2. The van der Waals surface area contributed by atoms with Crippen molar-refractivity contribution in [2.45, 2.75) is 35.9 Å². The number of halogens is 1. The third-order valence-corrected chi connectivity index (χ3v) is 6.44. The summed E-state index contributed by atoms with van der Waals surface area (Å²) in [6, 6.07) is 8.55. The van der Waals surface area contributed by atoms with E-state index in [1.54, 1.807) is 44.2 Å². The van der Waals surface area contributed by atoms with Gasteiger partial charge in [0, 0.05) is 16.0 Å². The molecule has 11 heteroatoms. The summed E-state index contributed by atoms with van der Waals surface area (Å²) in [5.74, 6) is 1.07. The Labute approximate surface area is 205 Å². The Hall–Kier alpha value is -3.08. The molecule has 0 aliphatic carbocycles. The highest BCUT2D eigenvalue weighted by Gasteiger charge is 2.32. The molecule has 1 aliphatic rings. The Morgan fingerprint density at radius 2 is 1.85 bits per heavy atom. The quantitative estimate of drug-likeness (QED) is 0.458. The fraction of sp³-hybridized carbons (Fsp3) is 0.304. The van der Waals surface area contributed by atoms with Gasteiger partial charge in [-0.2, -0.15) is 0 Å². The number of nitrogens with zero attached hydrogens (tertiary/aromatic N) is 2. The highest BCUT2D eigenvalue weighted by Crippen LogP contribution is 2.40. The zero-order valence-electron chi connectivity index (χ0n) is 18.9. The smallest absolute Gasteiger partial charge is 0.355 e. The van der Waals surface area contributed by atoms with Gasteiger partial charge in [0.25, 0.3) is 0 Å². The Balaban J connectivity index is 1.80. The average molecular weight is 507 g/mol. The molecule has 180 valence electrons. The summed E-state index contributed by atoms with van der Waals surface area (Å²) in [6.07, 6.45) is 0. The number of carbonyl (C=O) groups is 1. The molecule has 1 aromatic heterocycles. The molecular weight excluding hydrogens is 484 g/mol. The van der Waals surface area contributed by atoms with Crippen molar-refractivity contribution in [3.8, 4) is 23.0 Å². The minimum Gasteiger partial charge on any atom is -0.493 e. The minimum absolute atomic E-state index is 0.0515. The number of fused-ring (bicyclic) bond motifs is 1. The SMILES string of the molecule is COc1ccc(Sc2nc(C(C)(C)O)n(Cc3cc4c(cc3Cl)OCO4)c2C(=O)O)cc1OC. The third kappa shape index (κ3) is 4.61. The number of aromatic carboxylic acids is 1. The Kier molecular flexibility index (Phi) is 6.57. The normalized spacial score (nSPS) is 12.6. The lowest BCUT2D eigenvalue weighted by atomic mass is 10.1. The largest absolute Gasteiger partial charge is 0.493 e. The molecule has 4 rings (SSSR count). The van der Waals surface area contributed by atoms with E-state index in [1.165, 1.54) is 18.8 Å². The van der Waals surface area contributed by atoms with Crippen LogP contribution in [0.25, 0.3) is 0 Å². The van der Waals surface area contributed by atoms with Crippen molar-refractivity contribution in [2.24, 2.45) is 0 Å². The molecule has 2 heterocycles. The van der Waals surface area contributed by atoms with E-state index >= 15 is 0 Å². The van der Waals surface area contributed by atoms with Crippen LogP contribution in [-0.4, -0.2) is 46.7 Å². The Bertz CT molecular complexity index is 1250. The lowest BCUT2D eigenvalue weighted by Gasteiger charge is -2.20. The van der Waals surface area contributed by atoms with E-state index in [4.69, 9.17) is 30.5 Å². The van der Waals surface area contributed by atoms with E-state index in [1.807, 2.05) is 0 Å². The molecule has 0 atom stereocenters. The summed E-state index contributed by atoms with van der Waals surface area (Å²) in [4.78, 5) is 17.6. The first-order valence-electron chi connectivity index (χ1n) is 10.2. The second kappa shape index (κ2) is 9.28. The molecule has 0 radical (unpaired) electrons. The van der Waals surface area contributed by atoms with Crippen molar-refractivity contribution in [3.63, 3.8) is 0 Å². The van der Waals surface area contributed by atoms with Gasteiger partial charge in [0.2, 0.25) is 6.79 Å². The monoisotopic (exact) mass is 506 g/mol. The summed E-state index contributed by atoms with van der Waals surface area (Å²) in [7, 11) is 3.05. The molecule has 0 fully saturated rings. The molecule has 0 saturated carbocycles. The Morgan fingerprint density at radius 3 is 2.47 bits per heavy atom. The number of rotatable bonds is 8. The van der Waals surface area contributed by atoms with Crippen LogP contribution in [0.4, 0.5) is 0 Å². The number of aliphatic hydroxyl groups is 1. The van der Waals surface area contributed by atoms with Crippen LogP contribution in [0.5, 0.6) is 23.0 Å². The zero-order valence-corrected chi connectivity index (χ0v) is 20.5. The van der Waals surface area contributed by atoms with Crippen molar-refractivity contribution in [2.75, 3.05) is 21.0 Å². The molecule has 1 aliphatic heterocycles. The maximum absolute atomic E-state index is 12.4. The third-order valence-electron chi connectivity index (χ3n) is 5.13. The average Bonchev–Trinajstić information content (AvgIpc) is 3.37. The summed E-state index contributed by atoms with van der Waals surface area (Å²) in [5, 5.41) is 21.5. The van der Waals surface area contributed by atoms with Gasteiger partial charge >= 0.3 is 5.97 Å². The van der Waals surface area contributed by atoms with E-state index in [2.05, 4.69) is 4.98 Å². The molecule has 3 aromatic rings. The first kappa shape index (κ1) is 24.1. The Morgan fingerprint density at radius 1 is 1.18 bits per heavy atom. The molecule has 0 amide bonds. The van der Waals surface area contributed by atoms with Crippen LogP contribution >= 0.6 is 23.4 Å². The predicted molar refractivity (Wildman–Crippen MR) is 125 cm³/mol. The number of aromatic nitrogens is 2. The van der Waals surface area contributed by atoms with Crippen molar-refractivity contribution in [3.05, 3.63) is 52.4 Å². The second-order valence-corrected chi connectivity index (χ2v) is 9.42. The topological polar surface area (TPSA) is 112 Å². The van der Waals surface area contributed by atoms with Crippen LogP contribution in [0.2, 0.25) is 5.02 Å². The van der Waals surface area contributed by atoms with Crippen LogP contribution in [0, 0.1) is 0 Å². The molecule has 2 N–H and O–H groups in total. The van der Waals surface area contributed by atoms with E-state index in [9.17, 15) is 15.0 Å². The number of hydrogen-bond acceptors (Lipinski definition) is 8. The van der Waals surface area contributed by atoms with E-state index in [0.717, 1.165) is 11.8 Å². The lowest BCUT2D eigenvalue weighted by Crippen LogP contribution is -2.24. The first-order chi connectivity index (χ1) is 16.1. The van der Waals surface area contributed by atoms with Gasteiger partial charge in [0.1, 0.15) is 16.5 Å². The number of imidazole rings is 1. The van der Waals surface area contributed by atoms with Crippen molar-refractivity contribution >= 4 is 29.3 Å². The van der Waals surface area contributed by atoms with Crippen molar-refractivity contribution < 1.29 is 34.0 Å². The maximum atomic E-state index is 12.4. The van der Waals surface area contributed by atoms with Gasteiger partial charge in [-0.05, 0) is 43.7 Å². The van der Waals surface area contributed by atoms with Gasteiger partial charge in [-0.15, -0.1) is 0 Å². The van der Waals surface area contributed by atoms with E-state index in [0.29, 0.717) is 38.5 Å². The molecule has 0 saturated heterocycles. The van der Waals surface area contributed by atoms with Crippen LogP contribution in [0.3, 0.4) is 0 Å².